The van der Waals surface area contributed by atoms with Gasteiger partial charge in [0.2, 0.25) is 0 Å². The van der Waals surface area contributed by atoms with Crippen molar-refractivity contribution in [1.29, 1.82) is 0 Å². The van der Waals surface area contributed by atoms with Crippen LogP contribution in [-0.2, 0) is 4.74 Å². The summed E-state index contributed by atoms with van der Waals surface area (Å²) in [6.07, 6.45) is 1.55. The highest BCUT2D eigenvalue weighted by atomic mass is 16.6. The minimum Gasteiger partial charge on any atom is -0.444 e. The summed E-state index contributed by atoms with van der Waals surface area (Å²) in [5.74, 6) is -0.110. The Morgan fingerprint density at radius 1 is 1.17 bits per heavy atom. The average molecular weight is 402 g/mol. The molecule has 158 valence electrons. The van der Waals surface area contributed by atoms with E-state index in [1.54, 1.807) is 20.8 Å². The molecule has 1 aliphatic rings. The molecule has 3 atom stereocenters. The molecule has 0 aliphatic heterocycles. The van der Waals surface area contributed by atoms with E-state index in [0.717, 1.165) is 22.9 Å². The molecule has 4 N–H and O–H groups in total. The van der Waals surface area contributed by atoms with Crippen LogP contribution in [-0.4, -0.2) is 46.4 Å². The van der Waals surface area contributed by atoms with Crippen LogP contribution in [0.1, 0.15) is 56.1 Å². The summed E-state index contributed by atoms with van der Waals surface area (Å²) in [5.41, 5.74) is 1.93. The third-order valence-corrected chi connectivity index (χ3v) is 5.26. The van der Waals surface area contributed by atoms with Crippen LogP contribution in [0.25, 0.3) is 10.9 Å². The van der Waals surface area contributed by atoms with Crippen LogP contribution in [0.3, 0.4) is 0 Å². The molecule has 3 rings (SSSR count). The zero-order chi connectivity index (χ0) is 21.2. The molecule has 1 saturated carbocycles. The Bertz CT molecular complexity index is 884. The van der Waals surface area contributed by atoms with E-state index in [0.29, 0.717) is 18.5 Å². The van der Waals surface area contributed by atoms with Crippen molar-refractivity contribution in [1.82, 2.24) is 15.6 Å². The van der Waals surface area contributed by atoms with Gasteiger partial charge < -0.3 is 25.5 Å². The van der Waals surface area contributed by atoms with Crippen LogP contribution in [0, 0.1) is 12.8 Å². The van der Waals surface area contributed by atoms with Crippen molar-refractivity contribution in [2.45, 2.75) is 64.6 Å². The van der Waals surface area contributed by atoms with Crippen molar-refractivity contribution in [2.75, 3.05) is 6.61 Å². The largest absolute Gasteiger partial charge is 0.444 e. The Labute approximate surface area is 171 Å². The van der Waals surface area contributed by atoms with Crippen LogP contribution >= 0.6 is 0 Å². The molecule has 1 aromatic heterocycles. The lowest BCUT2D eigenvalue weighted by atomic mass is 9.82. The van der Waals surface area contributed by atoms with Gasteiger partial charge >= 0.3 is 6.09 Å². The lowest BCUT2D eigenvalue weighted by Crippen LogP contribution is -2.55. The van der Waals surface area contributed by atoms with Gasteiger partial charge in [-0.15, -0.1) is 0 Å². The maximum Gasteiger partial charge on any atom is 0.407 e. The number of amides is 2. The number of rotatable bonds is 4. The predicted molar refractivity (Wildman–Crippen MR) is 112 cm³/mol. The van der Waals surface area contributed by atoms with Crippen molar-refractivity contribution in [2.24, 2.45) is 5.92 Å². The molecule has 2 amide bonds. The van der Waals surface area contributed by atoms with E-state index in [1.807, 2.05) is 31.2 Å². The number of aromatic amines is 1. The summed E-state index contributed by atoms with van der Waals surface area (Å²) in [4.78, 5) is 28.3. The summed E-state index contributed by atoms with van der Waals surface area (Å²) in [7, 11) is 0. The summed E-state index contributed by atoms with van der Waals surface area (Å²) >= 11 is 0. The lowest BCUT2D eigenvalue weighted by Gasteiger charge is -2.36. The third kappa shape index (κ3) is 5.50. The Morgan fingerprint density at radius 3 is 2.62 bits per heavy atom. The fourth-order valence-electron chi connectivity index (χ4n) is 3.84. The molecule has 0 spiro atoms. The highest BCUT2D eigenvalue weighted by molar-refractivity contribution is 5.98. The van der Waals surface area contributed by atoms with Gasteiger partial charge in [0.05, 0.1) is 6.04 Å². The number of aryl methyl sites for hydroxylation is 1. The quantitative estimate of drug-likeness (QED) is 0.631. The number of carbonyl (C=O) groups is 2. The first kappa shape index (κ1) is 21.2. The number of aliphatic hydroxyl groups excluding tert-OH is 1. The number of fused-ring (bicyclic) bond motifs is 1. The summed E-state index contributed by atoms with van der Waals surface area (Å²) in [5, 5.41) is 16.5. The molecule has 2 aromatic rings. The number of aliphatic hydroxyl groups is 1. The number of H-pyrrole nitrogens is 1. The van der Waals surface area contributed by atoms with E-state index in [1.165, 1.54) is 0 Å². The molecule has 0 bridgehead atoms. The molecular weight excluding hydrogens is 370 g/mol. The molecule has 0 unspecified atom stereocenters. The number of benzene rings is 1. The average Bonchev–Trinajstić information content (AvgIpc) is 3.04. The van der Waals surface area contributed by atoms with Crippen LogP contribution < -0.4 is 10.6 Å². The molecule has 1 fully saturated rings. The number of carbonyl (C=O) groups excluding carboxylic acids is 2. The Morgan fingerprint density at radius 2 is 1.93 bits per heavy atom. The fraction of sp³-hybridized carbons (Fsp3) is 0.545. The van der Waals surface area contributed by atoms with Crippen LogP contribution in [0.2, 0.25) is 0 Å². The predicted octanol–water partition coefficient (Wildman–Crippen LogP) is 3.26. The van der Waals surface area contributed by atoms with Crippen LogP contribution in [0.15, 0.2) is 24.3 Å². The number of ether oxygens (including phenoxy) is 1. The van der Waals surface area contributed by atoms with Crippen LogP contribution in [0.5, 0.6) is 0 Å². The second-order valence-electron chi connectivity index (χ2n) is 8.97. The number of hydrogen-bond donors (Lipinski definition) is 4. The minimum absolute atomic E-state index is 0.0640. The van der Waals surface area contributed by atoms with Gasteiger partial charge in [0.1, 0.15) is 11.3 Å². The van der Waals surface area contributed by atoms with E-state index >= 15 is 0 Å². The highest BCUT2D eigenvalue weighted by Crippen LogP contribution is 2.25. The van der Waals surface area contributed by atoms with Gasteiger partial charge in [0.15, 0.2) is 0 Å². The van der Waals surface area contributed by atoms with Crippen molar-refractivity contribution >= 4 is 22.9 Å². The van der Waals surface area contributed by atoms with E-state index < -0.39 is 11.7 Å². The molecule has 7 nitrogen and oxygen atoms in total. The topological polar surface area (TPSA) is 103 Å². The third-order valence-electron chi connectivity index (χ3n) is 5.26. The smallest absolute Gasteiger partial charge is 0.407 e. The number of nitrogens with one attached hydrogen (secondary N) is 3. The Balaban J connectivity index is 1.71. The number of aromatic nitrogens is 1. The molecule has 0 radical (unpaired) electrons. The highest BCUT2D eigenvalue weighted by Gasteiger charge is 2.33. The minimum atomic E-state index is -0.601. The van der Waals surface area contributed by atoms with Gasteiger partial charge in [0.25, 0.3) is 5.91 Å². The van der Waals surface area contributed by atoms with Gasteiger partial charge in [0, 0.05) is 23.6 Å². The summed E-state index contributed by atoms with van der Waals surface area (Å²) in [6.45, 7) is 7.50. The summed E-state index contributed by atoms with van der Waals surface area (Å²) in [6, 6.07) is 7.30. The standard InChI is InChI=1S/C22H31N3O4/c1-13-5-7-16-15(9-13)11-19(23-16)20(27)24-17-8-6-14(12-26)10-18(17)25-21(28)29-22(2,3)4/h5,7,9,11,14,17-18,23,26H,6,8,10,12H2,1-4H3,(H,24,27)(H,25,28)/t14-,17+,18+/m0/s1. The fourth-order valence-corrected chi connectivity index (χ4v) is 3.84. The summed E-state index contributed by atoms with van der Waals surface area (Å²) < 4.78 is 5.37. The zero-order valence-corrected chi connectivity index (χ0v) is 17.5. The van der Waals surface area contributed by atoms with Gasteiger partial charge in [-0.3, -0.25) is 4.79 Å². The monoisotopic (exact) mass is 401 g/mol. The van der Waals surface area contributed by atoms with Gasteiger partial charge in [-0.2, -0.15) is 0 Å². The Kier molecular flexibility index (Phi) is 6.17. The van der Waals surface area contributed by atoms with Gasteiger partial charge in [-0.05, 0) is 71.1 Å². The first-order valence-electron chi connectivity index (χ1n) is 10.2. The molecule has 0 saturated heterocycles. The maximum atomic E-state index is 12.8. The van der Waals surface area contributed by atoms with E-state index in [2.05, 4.69) is 15.6 Å². The van der Waals surface area contributed by atoms with E-state index in [4.69, 9.17) is 4.74 Å². The molecular formula is C22H31N3O4. The molecule has 29 heavy (non-hydrogen) atoms. The van der Waals surface area contributed by atoms with Gasteiger partial charge in [-0.25, -0.2) is 4.79 Å². The normalized spacial score (nSPS) is 22.3. The van der Waals surface area contributed by atoms with Crippen molar-refractivity contribution in [3.63, 3.8) is 0 Å². The number of hydrogen-bond acceptors (Lipinski definition) is 4. The van der Waals surface area contributed by atoms with E-state index in [-0.39, 0.29) is 30.5 Å². The second kappa shape index (κ2) is 8.45. The lowest BCUT2D eigenvalue weighted by molar-refractivity contribution is 0.0447. The van der Waals surface area contributed by atoms with Gasteiger partial charge in [-0.1, -0.05) is 11.6 Å². The molecule has 1 aliphatic carbocycles. The first-order chi connectivity index (χ1) is 13.6. The second-order valence-corrected chi connectivity index (χ2v) is 8.97. The van der Waals surface area contributed by atoms with Crippen molar-refractivity contribution < 1.29 is 19.4 Å². The molecule has 7 heteroatoms. The van der Waals surface area contributed by atoms with Crippen molar-refractivity contribution in [3.05, 3.63) is 35.5 Å². The van der Waals surface area contributed by atoms with E-state index in [9.17, 15) is 14.7 Å². The SMILES string of the molecule is Cc1ccc2[nH]c(C(=O)N[C@@H]3CC[C@H](CO)C[C@H]3NC(=O)OC(C)(C)C)cc2c1. The maximum absolute atomic E-state index is 12.8. The van der Waals surface area contributed by atoms with Crippen molar-refractivity contribution in [3.8, 4) is 0 Å². The zero-order valence-electron chi connectivity index (χ0n) is 17.5. The number of alkyl carbamates (subject to hydrolysis) is 1. The Hall–Kier alpha value is -2.54. The first-order valence-corrected chi connectivity index (χ1v) is 10.2. The molecule has 1 aromatic carbocycles. The molecule has 1 heterocycles. The van der Waals surface area contributed by atoms with Crippen LogP contribution in [0.4, 0.5) is 4.79 Å².